The maximum Gasteiger partial charge on any atom is 0.240 e. The van der Waals surface area contributed by atoms with E-state index < -0.39 is 10.0 Å². The van der Waals surface area contributed by atoms with Crippen molar-refractivity contribution in [3.8, 4) is 11.5 Å². The van der Waals surface area contributed by atoms with E-state index in [9.17, 15) is 13.2 Å². The highest BCUT2D eigenvalue weighted by atomic mass is 32.2. The van der Waals surface area contributed by atoms with Crippen molar-refractivity contribution in [1.82, 2.24) is 5.32 Å². The number of rotatable bonds is 8. The summed E-state index contributed by atoms with van der Waals surface area (Å²) in [5.74, 6) is 0.655. The maximum absolute atomic E-state index is 12.5. The van der Waals surface area contributed by atoms with Crippen LogP contribution in [0.25, 0.3) is 0 Å². The van der Waals surface area contributed by atoms with Crippen LogP contribution >= 0.6 is 0 Å². The molecule has 0 radical (unpaired) electrons. The van der Waals surface area contributed by atoms with Gasteiger partial charge in [0.1, 0.15) is 6.54 Å². The number of benzene rings is 2. The average molecular weight is 404 g/mol. The van der Waals surface area contributed by atoms with E-state index in [4.69, 9.17) is 9.47 Å². The Bertz CT molecular complexity index is 931. The number of hydrogen-bond acceptors (Lipinski definition) is 5. The van der Waals surface area contributed by atoms with E-state index in [0.717, 1.165) is 23.4 Å². The minimum absolute atomic E-state index is 0.0779. The molecule has 1 atom stereocenters. The molecule has 0 aliphatic carbocycles. The molecule has 0 fully saturated rings. The fourth-order valence-electron chi connectivity index (χ4n) is 2.99. The monoisotopic (exact) mass is 404 g/mol. The van der Waals surface area contributed by atoms with Crippen LogP contribution in [-0.2, 0) is 21.2 Å². The zero-order valence-corrected chi connectivity index (χ0v) is 16.7. The third-order valence-corrected chi connectivity index (χ3v) is 5.59. The minimum Gasteiger partial charge on any atom is -0.454 e. The summed E-state index contributed by atoms with van der Waals surface area (Å²) in [4.78, 5) is 12.5. The summed E-state index contributed by atoms with van der Waals surface area (Å²) in [6.07, 6.45) is 2.67. The maximum atomic E-state index is 12.5. The van der Waals surface area contributed by atoms with Crippen molar-refractivity contribution in [2.75, 3.05) is 23.9 Å². The lowest BCUT2D eigenvalue weighted by molar-refractivity contribution is -0.120. The standard InChI is InChI=1S/C20H24N2O5S/c1-15(8-9-16-6-4-3-5-7-16)21-20(23)13-22(28(2,24)25)17-10-11-18-19(12-17)27-14-26-18/h3-7,10-12,15H,8-9,13-14H2,1-2H3,(H,21,23)/t15-/m0/s1. The van der Waals surface area contributed by atoms with Crippen molar-refractivity contribution >= 4 is 21.6 Å². The van der Waals surface area contributed by atoms with Crippen LogP contribution in [0.5, 0.6) is 11.5 Å². The summed E-state index contributed by atoms with van der Waals surface area (Å²) in [6.45, 7) is 1.71. The van der Waals surface area contributed by atoms with Crippen LogP contribution in [0.2, 0.25) is 0 Å². The molecule has 1 amide bonds. The first kappa shape index (κ1) is 20.0. The van der Waals surface area contributed by atoms with Crippen LogP contribution in [0.1, 0.15) is 18.9 Å². The molecule has 1 heterocycles. The van der Waals surface area contributed by atoms with Gasteiger partial charge in [-0.05, 0) is 37.5 Å². The summed E-state index contributed by atoms with van der Waals surface area (Å²) in [5, 5.41) is 2.87. The number of nitrogens with one attached hydrogen (secondary N) is 1. The van der Waals surface area contributed by atoms with E-state index in [1.54, 1.807) is 18.2 Å². The molecule has 1 aliphatic rings. The molecule has 0 spiro atoms. The van der Waals surface area contributed by atoms with Gasteiger partial charge in [-0.3, -0.25) is 9.10 Å². The Labute approximate surface area is 165 Å². The number of anilines is 1. The molecule has 150 valence electrons. The Hall–Kier alpha value is -2.74. The number of aryl methyl sites for hydroxylation is 1. The predicted octanol–water partition coefficient (Wildman–Crippen LogP) is 2.32. The topological polar surface area (TPSA) is 84.9 Å². The minimum atomic E-state index is -3.65. The second kappa shape index (κ2) is 8.52. The van der Waals surface area contributed by atoms with Crippen molar-refractivity contribution in [1.29, 1.82) is 0 Å². The quantitative estimate of drug-likeness (QED) is 0.730. The van der Waals surface area contributed by atoms with Gasteiger partial charge in [-0.25, -0.2) is 8.42 Å². The molecule has 1 N–H and O–H groups in total. The fraction of sp³-hybridized carbons (Fsp3) is 0.350. The van der Waals surface area contributed by atoms with Crippen molar-refractivity contribution in [2.24, 2.45) is 0 Å². The highest BCUT2D eigenvalue weighted by Crippen LogP contribution is 2.36. The van der Waals surface area contributed by atoms with E-state index >= 15 is 0 Å². The van der Waals surface area contributed by atoms with E-state index in [1.165, 1.54) is 5.56 Å². The highest BCUT2D eigenvalue weighted by molar-refractivity contribution is 7.92. The molecule has 0 saturated heterocycles. The summed E-state index contributed by atoms with van der Waals surface area (Å²) >= 11 is 0. The van der Waals surface area contributed by atoms with Crippen LogP contribution in [0.3, 0.4) is 0 Å². The number of carbonyl (C=O) groups is 1. The Balaban J connectivity index is 1.62. The van der Waals surface area contributed by atoms with Gasteiger partial charge in [0.2, 0.25) is 22.7 Å². The largest absolute Gasteiger partial charge is 0.454 e. The van der Waals surface area contributed by atoms with Gasteiger partial charge in [-0.1, -0.05) is 30.3 Å². The zero-order valence-electron chi connectivity index (χ0n) is 15.9. The second-order valence-corrected chi connectivity index (χ2v) is 8.71. The van der Waals surface area contributed by atoms with Gasteiger partial charge in [0.05, 0.1) is 11.9 Å². The molecule has 0 saturated carbocycles. The van der Waals surface area contributed by atoms with Gasteiger partial charge < -0.3 is 14.8 Å². The van der Waals surface area contributed by atoms with Gasteiger partial charge in [0.15, 0.2) is 11.5 Å². The van der Waals surface area contributed by atoms with E-state index in [0.29, 0.717) is 17.2 Å². The SMILES string of the molecule is C[C@@H](CCc1ccccc1)NC(=O)CN(c1ccc2c(c1)OCO2)S(C)(=O)=O. The Morgan fingerprint density at radius 1 is 1.14 bits per heavy atom. The van der Waals surface area contributed by atoms with E-state index in [2.05, 4.69) is 5.32 Å². The van der Waals surface area contributed by atoms with Crippen LogP contribution in [0.4, 0.5) is 5.69 Å². The van der Waals surface area contributed by atoms with Gasteiger partial charge in [0.25, 0.3) is 0 Å². The van der Waals surface area contributed by atoms with Crippen molar-refractivity contribution in [3.05, 3.63) is 54.1 Å². The number of sulfonamides is 1. The molecule has 0 unspecified atom stereocenters. The summed E-state index contributed by atoms with van der Waals surface area (Å²) in [7, 11) is -3.65. The Kier molecular flexibility index (Phi) is 6.08. The van der Waals surface area contributed by atoms with Crippen LogP contribution in [-0.4, -0.2) is 40.0 Å². The van der Waals surface area contributed by atoms with Gasteiger partial charge in [-0.15, -0.1) is 0 Å². The molecule has 28 heavy (non-hydrogen) atoms. The van der Waals surface area contributed by atoms with Crippen molar-refractivity contribution in [3.63, 3.8) is 0 Å². The number of fused-ring (bicyclic) bond motifs is 1. The average Bonchev–Trinajstić information content (AvgIpc) is 3.12. The summed E-state index contributed by atoms with van der Waals surface area (Å²) in [6, 6.07) is 14.7. The molecule has 7 nitrogen and oxygen atoms in total. The van der Waals surface area contributed by atoms with Gasteiger partial charge in [0, 0.05) is 12.1 Å². The molecule has 3 rings (SSSR count). The molecule has 2 aromatic carbocycles. The first-order valence-electron chi connectivity index (χ1n) is 9.03. The summed E-state index contributed by atoms with van der Waals surface area (Å²) in [5.41, 5.74) is 1.56. The molecule has 0 bridgehead atoms. The first-order valence-corrected chi connectivity index (χ1v) is 10.9. The lowest BCUT2D eigenvalue weighted by atomic mass is 10.1. The smallest absolute Gasteiger partial charge is 0.240 e. The van der Waals surface area contributed by atoms with Crippen LogP contribution in [0, 0.1) is 0 Å². The zero-order chi connectivity index (χ0) is 20.1. The van der Waals surface area contributed by atoms with E-state index in [-0.39, 0.29) is 25.3 Å². The summed E-state index contributed by atoms with van der Waals surface area (Å²) < 4.78 is 36.1. The second-order valence-electron chi connectivity index (χ2n) is 6.80. The van der Waals surface area contributed by atoms with Crippen LogP contribution < -0.4 is 19.1 Å². The third kappa shape index (κ3) is 5.16. The Morgan fingerprint density at radius 2 is 1.86 bits per heavy atom. The first-order chi connectivity index (χ1) is 13.3. The number of nitrogens with zero attached hydrogens (tertiary/aromatic N) is 1. The van der Waals surface area contributed by atoms with Crippen molar-refractivity contribution < 1.29 is 22.7 Å². The Morgan fingerprint density at radius 3 is 2.57 bits per heavy atom. The van der Waals surface area contributed by atoms with Gasteiger partial charge >= 0.3 is 0 Å². The third-order valence-electron chi connectivity index (χ3n) is 4.45. The molecule has 0 aromatic heterocycles. The number of ether oxygens (including phenoxy) is 2. The molecule has 8 heteroatoms. The predicted molar refractivity (Wildman–Crippen MR) is 107 cm³/mol. The molecule has 1 aliphatic heterocycles. The molecular formula is C20H24N2O5S. The van der Waals surface area contributed by atoms with E-state index in [1.807, 2.05) is 37.3 Å². The molecule has 2 aromatic rings. The highest BCUT2D eigenvalue weighted by Gasteiger charge is 2.24. The number of amides is 1. The lowest BCUT2D eigenvalue weighted by Gasteiger charge is -2.23. The molecular weight excluding hydrogens is 380 g/mol. The lowest BCUT2D eigenvalue weighted by Crippen LogP contribution is -2.43. The number of carbonyl (C=O) groups excluding carboxylic acids is 1. The fourth-order valence-corrected chi connectivity index (χ4v) is 3.84. The number of hydrogen-bond donors (Lipinski definition) is 1. The normalized spacial score (nSPS) is 13.8. The van der Waals surface area contributed by atoms with Crippen LogP contribution in [0.15, 0.2) is 48.5 Å². The van der Waals surface area contributed by atoms with Crippen molar-refractivity contribution in [2.45, 2.75) is 25.8 Å². The van der Waals surface area contributed by atoms with Gasteiger partial charge in [-0.2, -0.15) is 0 Å².